The summed E-state index contributed by atoms with van der Waals surface area (Å²) < 4.78 is 0. The molecule has 1 saturated carbocycles. The SMILES string of the molecule is Cc1ccc2nc(C)cc(C(=O)NC3CCN(C(=O)NC4CCCCC4)CC3)c2c1. The summed E-state index contributed by atoms with van der Waals surface area (Å²) in [5.74, 6) is -0.0544. The Bertz CT molecular complexity index is 928. The van der Waals surface area contributed by atoms with Crippen LogP contribution in [0.15, 0.2) is 24.3 Å². The number of aromatic nitrogens is 1. The molecule has 0 radical (unpaired) electrons. The zero-order chi connectivity index (χ0) is 21.1. The molecule has 4 rings (SSSR count). The zero-order valence-electron chi connectivity index (χ0n) is 18.0. The van der Waals surface area contributed by atoms with Crippen molar-refractivity contribution < 1.29 is 9.59 Å². The molecular weight excluding hydrogens is 376 g/mol. The Balaban J connectivity index is 1.35. The van der Waals surface area contributed by atoms with E-state index < -0.39 is 0 Å². The standard InChI is InChI=1S/C24H32N4O2/c1-16-8-9-22-20(14-16)21(15-17(2)25-22)23(29)26-19-10-12-28(13-11-19)24(30)27-18-6-4-3-5-7-18/h8-9,14-15,18-19H,3-7,10-13H2,1-2H3,(H,26,29)(H,27,30). The maximum Gasteiger partial charge on any atom is 0.317 e. The molecule has 2 aliphatic rings. The lowest BCUT2D eigenvalue weighted by Gasteiger charge is -2.34. The first-order valence-corrected chi connectivity index (χ1v) is 11.2. The van der Waals surface area contributed by atoms with Gasteiger partial charge in [-0.2, -0.15) is 0 Å². The first kappa shape index (κ1) is 20.6. The number of hydrogen-bond donors (Lipinski definition) is 2. The molecule has 1 aromatic heterocycles. The molecule has 2 fully saturated rings. The number of piperidine rings is 1. The largest absolute Gasteiger partial charge is 0.349 e. The fourth-order valence-electron chi connectivity index (χ4n) is 4.66. The molecule has 2 heterocycles. The summed E-state index contributed by atoms with van der Waals surface area (Å²) in [4.78, 5) is 32.0. The first-order valence-electron chi connectivity index (χ1n) is 11.2. The number of nitrogens with zero attached hydrogens (tertiary/aromatic N) is 2. The number of likely N-dealkylation sites (tertiary alicyclic amines) is 1. The van der Waals surface area contributed by atoms with Crippen LogP contribution < -0.4 is 10.6 Å². The number of pyridine rings is 1. The van der Waals surface area contributed by atoms with Gasteiger partial charge in [-0.15, -0.1) is 0 Å². The van der Waals surface area contributed by atoms with E-state index in [9.17, 15) is 9.59 Å². The first-order chi connectivity index (χ1) is 14.5. The molecule has 1 saturated heterocycles. The minimum Gasteiger partial charge on any atom is -0.349 e. The normalized spacial score (nSPS) is 18.4. The van der Waals surface area contributed by atoms with E-state index in [4.69, 9.17) is 0 Å². The van der Waals surface area contributed by atoms with Crippen LogP contribution in [-0.2, 0) is 0 Å². The van der Waals surface area contributed by atoms with Crippen molar-refractivity contribution in [2.24, 2.45) is 0 Å². The maximum absolute atomic E-state index is 13.0. The topological polar surface area (TPSA) is 74.3 Å². The summed E-state index contributed by atoms with van der Waals surface area (Å²) in [6, 6.07) is 8.35. The molecule has 1 aliphatic heterocycles. The average molecular weight is 409 g/mol. The van der Waals surface area contributed by atoms with Gasteiger partial charge in [0, 0.05) is 36.3 Å². The second-order valence-electron chi connectivity index (χ2n) is 8.85. The van der Waals surface area contributed by atoms with Gasteiger partial charge in [0.25, 0.3) is 5.91 Å². The molecule has 0 bridgehead atoms. The Morgan fingerprint density at radius 1 is 0.933 bits per heavy atom. The maximum atomic E-state index is 13.0. The van der Waals surface area contributed by atoms with Crippen LogP contribution in [0.1, 0.15) is 66.6 Å². The van der Waals surface area contributed by atoms with Gasteiger partial charge in [0.15, 0.2) is 0 Å². The van der Waals surface area contributed by atoms with Crippen molar-refractivity contribution in [3.05, 3.63) is 41.1 Å². The number of fused-ring (bicyclic) bond motifs is 1. The van der Waals surface area contributed by atoms with Crippen molar-refractivity contribution in [2.75, 3.05) is 13.1 Å². The van der Waals surface area contributed by atoms with Crippen molar-refractivity contribution in [3.63, 3.8) is 0 Å². The molecule has 6 nitrogen and oxygen atoms in total. The van der Waals surface area contributed by atoms with Crippen LogP contribution in [0.3, 0.4) is 0 Å². The van der Waals surface area contributed by atoms with Gasteiger partial charge in [-0.05, 0) is 57.7 Å². The second-order valence-corrected chi connectivity index (χ2v) is 8.85. The summed E-state index contributed by atoms with van der Waals surface area (Å²) in [5, 5.41) is 7.28. The van der Waals surface area contributed by atoms with Gasteiger partial charge in [-0.3, -0.25) is 9.78 Å². The molecule has 160 valence electrons. The summed E-state index contributed by atoms with van der Waals surface area (Å²) in [6.07, 6.45) is 7.45. The molecule has 0 unspecified atom stereocenters. The molecule has 2 N–H and O–H groups in total. The van der Waals surface area contributed by atoms with E-state index in [0.29, 0.717) is 24.7 Å². The predicted molar refractivity (Wildman–Crippen MR) is 119 cm³/mol. The minimum atomic E-state index is -0.0544. The third-order valence-corrected chi connectivity index (χ3v) is 6.39. The number of nitrogens with one attached hydrogen (secondary N) is 2. The van der Waals surface area contributed by atoms with Crippen molar-refractivity contribution in [1.29, 1.82) is 0 Å². The molecule has 1 aromatic carbocycles. The monoisotopic (exact) mass is 408 g/mol. The van der Waals surface area contributed by atoms with Crippen molar-refractivity contribution in [3.8, 4) is 0 Å². The van der Waals surface area contributed by atoms with Gasteiger partial charge in [0.2, 0.25) is 0 Å². The van der Waals surface area contributed by atoms with Gasteiger partial charge in [0.1, 0.15) is 0 Å². The summed E-state index contributed by atoms with van der Waals surface area (Å²) in [6.45, 7) is 5.30. The average Bonchev–Trinajstić information content (AvgIpc) is 2.74. The van der Waals surface area contributed by atoms with Crippen LogP contribution in [0.4, 0.5) is 4.79 Å². The molecular formula is C24H32N4O2. The predicted octanol–water partition coefficient (Wildman–Crippen LogP) is 4.09. The third-order valence-electron chi connectivity index (χ3n) is 6.39. The van der Waals surface area contributed by atoms with Gasteiger partial charge in [0.05, 0.1) is 11.1 Å². The van der Waals surface area contributed by atoms with Gasteiger partial charge < -0.3 is 15.5 Å². The number of urea groups is 1. The van der Waals surface area contributed by atoms with E-state index in [1.165, 1.54) is 19.3 Å². The number of benzene rings is 1. The van der Waals surface area contributed by atoms with Crippen molar-refractivity contribution in [1.82, 2.24) is 20.5 Å². The quantitative estimate of drug-likeness (QED) is 0.803. The van der Waals surface area contributed by atoms with Crippen LogP contribution in [0, 0.1) is 13.8 Å². The highest BCUT2D eigenvalue weighted by Gasteiger charge is 2.26. The summed E-state index contributed by atoms with van der Waals surface area (Å²) in [5.41, 5.74) is 3.48. The zero-order valence-corrected chi connectivity index (χ0v) is 18.0. The van der Waals surface area contributed by atoms with E-state index in [1.54, 1.807) is 0 Å². The highest BCUT2D eigenvalue weighted by Crippen LogP contribution is 2.21. The number of rotatable bonds is 3. The van der Waals surface area contributed by atoms with Crippen LogP contribution in [0.5, 0.6) is 0 Å². The molecule has 0 atom stereocenters. The van der Waals surface area contributed by atoms with Crippen LogP contribution in [0.25, 0.3) is 10.9 Å². The van der Waals surface area contributed by atoms with Gasteiger partial charge >= 0.3 is 6.03 Å². The number of hydrogen-bond acceptors (Lipinski definition) is 3. The van der Waals surface area contributed by atoms with E-state index in [-0.39, 0.29) is 18.0 Å². The van der Waals surface area contributed by atoms with Crippen LogP contribution in [-0.4, -0.2) is 47.0 Å². The Hall–Kier alpha value is -2.63. The Morgan fingerprint density at radius 3 is 2.37 bits per heavy atom. The third kappa shape index (κ3) is 4.74. The van der Waals surface area contributed by atoms with E-state index >= 15 is 0 Å². The van der Waals surface area contributed by atoms with E-state index in [1.807, 2.05) is 43.0 Å². The molecule has 30 heavy (non-hydrogen) atoms. The molecule has 6 heteroatoms. The highest BCUT2D eigenvalue weighted by molar-refractivity contribution is 6.06. The van der Waals surface area contributed by atoms with Gasteiger partial charge in [-0.25, -0.2) is 4.79 Å². The second kappa shape index (κ2) is 9.02. The molecule has 0 spiro atoms. The number of amides is 3. The molecule has 2 aromatic rings. The fraction of sp³-hybridized carbons (Fsp3) is 0.542. The lowest BCUT2D eigenvalue weighted by molar-refractivity contribution is 0.0919. The fourth-order valence-corrected chi connectivity index (χ4v) is 4.66. The van der Waals surface area contributed by atoms with Crippen molar-refractivity contribution >= 4 is 22.8 Å². The Labute approximate surface area is 178 Å². The molecule has 3 amide bonds. The van der Waals surface area contributed by atoms with Crippen molar-refractivity contribution in [2.45, 2.75) is 70.9 Å². The lowest BCUT2D eigenvalue weighted by atomic mass is 9.95. The number of carbonyl (C=O) groups excluding carboxylic acids is 2. The minimum absolute atomic E-state index is 0.0536. The van der Waals surface area contributed by atoms with Crippen LogP contribution in [0.2, 0.25) is 0 Å². The summed E-state index contributed by atoms with van der Waals surface area (Å²) >= 11 is 0. The smallest absolute Gasteiger partial charge is 0.317 e. The highest BCUT2D eigenvalue weighted by atomic mass is 16.2. The summed E-state index contributed by atoms with van der Waals surface area (Å²) in [7, 11) is 0. The van der Waals surface area contributed by atoms with Gasteiger partial charge in [-0.1, -0.05) is 30.9 Å². The lowest BCUT2D eigenvalue weighted by Crippen LogP contribution is -2.51. The Kier molecular flexibility index (Phi) is 6.21. The number of carbonyl (C=O) groups is 2. The Morgan fingerprint density at radius 2 is 1.63 bits per heavy atom. The molecule has 1 aliphatic carbocycles. The van der Waals surface area contributed by atoms with E-state index in [2.05, 4.69) is 15.6 Å². The number of aryl methyl sites for hydroxylation is 2. The van der Waals surface area contributed by atoms with E-state index in [0.717, 1.165) is 47.8 Å². The van der Waals surface area contributed by atoms with Crippen LogP contribution >= 0.6 is 0 Å².